The largest absolute Gasteiger partial charge is 0.478 e. The zero-order valence-corrected chi connectivity index (χ0v) is 35.7. The van der Waals surface area contributed by atoms with Crippen LogP contribution in [0.15, 0.2) is 42.5 Å². The second-order valence-electron chi connectivity index (χ2n) is 21.2. The van der Waals surface area contributed by atoms with Crippen LogP contribution in [0.25, 0.3) is 5.57 Å². The molecular formula is C47H69N3O6. The average Bonchev–Trinajstić information content (AvgIpc) is 3.50. The van der Waals surface area contributed by atoms with Gasteiger partial charge in [-0.3, -0.25) is 0 Å². The van der Waals surface area contributed by atoms with E-state index in [1.807, 2.05) is 32.9 Å². The van der Waals surface area contributed by atoms with Crippen molar-refractivity contribution in [2.75, 3.05) is 26.2 Å². The number of allylic oxidation sites excluding steroid dienone is 3. The molecule has 10 atom stereocenters. The first-order valence-corrected chi connectivity index (χ1v) is 21.5. The van der Waals surface area contributed by atoms with Gasteiger partial charge in [0.15, 0.2) is 0 Å². The molecule has 3 N–H and O–H groups in total. The number of aliphatic hydroxyl groups excluding tert-OH is 1. The van der Waals surface area contributed by atoms with Crippen molar-refractivity contribution in [1.82, 2.24) is 15.1 Å². The van der Waals surface area contributed by atoms with E-state index in [1.165, 1.54) is 24.0 Å². The molecule has 0 aromatic heterocycles. The van der Waals surface area contributed by atoms with Gasteiger partial charge in [-0.15, -0.1) is 0 Å². The number of carboxylic acids is 1. The van der Waals surface area contributed by atoms with E-state index in [1.54, 1.807) is 21.9 Å². The summed E-state index contributed by atoms with van der Waals surface area (Å²) in [4.78, 5) is 42.3. The number of carbonyl (C=O) groups excluding carboxylic acids is 2. The number of hydrogen-bond acceptors (Lipinski definition) is 5. The number of aromatic carboxylic acids is 1. The van der Waals surface area contributed by atoms with E-state index in [-0.39, 0.29) is 46.4 Å². The third kappa shape index (κ3) is 6.32. The molecule has 10 unspecified atom stereocenters. The summed E-state index contributed by atoms with van der Waals surface area (Å²) in [5.74, 6) is 1.28. The lowest BCUT2D eigenvalue weighted by atomic mass is 9.33. The van der Waals surface area contributed by atoms with Crippen LogP contribution >= 0.6 is 0 Å². The van der Waals surface area contributed by atoms with Crippen LogP contribution in [0.4, 0.5) is 9.59 Å². The van der Waals surface area contributed by atoms with Crippen molar-refractivity contribution in [3.8, 4) is 0 Å². The molecule has 1 saturated heterocycles. The Balaban J connectivity index is 1.14. The number of urea groups is 1. The van der Waals surface area contributed by atoms with E-state index in [0.29, 0.717) is 48.2 Å². The van der Waals surface area contributed by atoms with Crippen molar-refractivity contribution >= 4 is 23.7 Å². The standard InChI is InChI=1S/C47H69N3O6/c1-29(2)33-17-22-47(48-40(54)50-26-25-49(27-32(50)28-51)41(55)56-42(3,4)5)24-23-45(9)35(38(33)47)15-16-37-44(8)20-18-34(30-11-13-31(14-12-30)39(52)53)43(6,7)36(44)19-21-46(37,45)10/h11-14,18,32-33,35-38,51H,1,15-17,19-28H2,2-10H3,(H,48,54)(H,52,53). The van der Waals surface area contributed by atoms with Crippen LogP contribution < -0.4 is 5.32 Å². The third-order valence-corrected chi connectivity index (χ3v) is 17.0. The Kier molecular flexibility index (Phi) is 10.1. The van der Waals surface area contributed by atoms with Crippen molar-refractivity contribution in [2.45, 2.75) is 137 Å². The number of rotatable bonds is 5. The third-order valence-electron chi connectivity index (χ3n) is 17.0. The summed E-state index contributed by atoms with van der Waals surface area (Å²) in [6.45, 7) is 25.7. The van der Waals surface area contributed by atoms with Crippen LogP contribution in [0.2, 0.25) is 0 Å². The maximum absolute atomic E-state index is 14.4. The summed E-state index contributed by atoms with van der Waals surface area (Å²) in [5, 5.41) is 23.7. The van der Waals surface area contributed by atoms with Gasteiger partial charge in [-0.25, -0.2) is 14.4 Å². The molecule has 56 heavy (non-hydrogen) atoms. The van der Waals surface area contributed by atoms with Crippen molar-refractivity contribution in [2.24, 2.45) is 51.2 Å². The monoisotopic (exact) mass is 772 g/mol. The highest BCUT2D eigenvalue weighted by Gasteiger charge is 2.70. The number of ether oxygens (including phenoxy) is 1. The maximum atomic E-state index is 14.4. The quantitative estimate of drug-likeness (QED) is 0.257. The highest BCUT2D eigenvalue weighted by Crippen LogP contribution is 2.76. The Morgan fingerprint density at radius 3 is 2.23 bits per heavy atom. The highest BCUT2D eigenvalue weighted by molar-refractivity contribution is 5.88. The predicted octanol–water partition coefficient (Wildman–Crippen LogP) is 9.41. The zero-order chi connectivity index (χ0) is 40.8. The van der Waals surface area contributed by atoms with Crippen LogP contribution in [-0.4, -0.2) is 81.5 Å². The van der Waals surface area contributed by atoms with E-state index in [0.717, 1.165) is 50.5 Å². The number of aliphatic hydroxyl groups is 1. The van der Waals surface area contributed by atoms with Crippen molar-refractivity contribution < 1.29 is 29.3 Å². The van der Waals surface area contributed by atoms with Crippen LogP contribution in [-0.2, 0) is 4.74 Å². The van der Waals surface area contributed by atoms with Crippen molar-refractivity contribution in [1.29, 1.82) is 0 Å². The number of nitrogens with one attached hydrogen (secondary N) is 1. The SMILES string of the molecule is C=C(C)C1CCC2(NC(=O)N3CCN(C(=O)OC(C)(C)C)CC3CO)CCC3(C)C(CCC4C5(C)CC=C(c6ccc(C(=O)O)cc6)C(C)(C)C5CCC43C)C12. The van der Waals surface area contributed by atoms with Gasteiger partial charge in [0.25, 0.3) is 0 Å². The lowest BCUT2D eigenvalue weighted by molar-refractivity contribution is -0.218. The Bertz CT molecular complexity index is 1780. The van der Waals surface area contributed by atoms with E-state index in [2.05, 4.69) is 59.5 Å². The molecule has 5 fully saturated rings. The van der Waals surface area contributed by atoms with E-state index >= 15 is 0 Å². The first-order chi connectivity index (χ1) is 26.1. The minimum atomic E-state index is -0.892. The minimum absolute atomic E-state index is 0.0515. The van der Waals surface area contributed by atoms with Crippen LogP contribution in [0, 0.1) is 51.2 Å². The molecule has 4 saturated carbocycles. The summed E-state index contributed by atoms with van der Waals surface area (Å²) < 4.78 is 5.62. The zero-order valence-electron chi connectivity index (χ0n) is 35.7. The number of fused-ring (bicyclic) bond motifs is 7. The van der Waals surface area contributed by atoms with Crippen LogP contribution in [0.1, 0.15) is 136 Å². The fourth-order valence-corrected chi connectivity index (χ4v) is 14.3. The van der Waals surface area contributed by atoms with Crippen LogP contribution in [0.3, 0.4) is 0 Å². The minimum Gasteiger partial charge on any atom is -0.478 e. The summed E-state index contributed by atoms with van der Waals surface area (Å²) >= 11 is 0. The number of carbonyl (C=O) groups is 3. The van der Waals surface area contributed by atoms with E-state index < -0.39 is 23.7 Å². The van der Waals surface area contributed by atoms with Crippen molar-refractivity contribution in [3.63, 3.8) is 0 Å². The number of benzene rings is 1. The molecule has 0 bridgehead atoms. The van der Waals surface area contributed by atoms with Gasteiger partial charge in [0.2, 0.25) is 0 Å². The summed E-state index contributed by atoms with van der Waals surface area (Å²) in [6.07, 6.45) is 11.8. The highest BCUT2D eigenvalue weighted by atomic mass is 16.6. The molecule has 1 aromatic rings. The number of piperazine rings is 1. The second kappa shape index (κ2) is 13.9. The fraction of sp³-hybridized carbons (Fsp3) is 0.723. The molecule has 1 aromatic carbocycles. The molecule has 5 aliphatic carbocycles. The van der Waals surface area contributed by atoms with Gasteiger partial charge < -0.3 is 30.1 Å². The molecular weight excluding hydrogens is 703 g/mol. The Morgan fingerprint density at radius 1 is 0.911 bits per heavy atom. The summed E-state index contributed by atoms with van der Waals surface area (Å²) in [7, 11) is 0. The first-order valence-electron chi connectivity index (χ1n) is 21.5. The van der Waals surface area contributed by atoms with Gasteiger partial charge in [0.05, 0.1) is 18.2 Å². The maximum Gasteiger partial charge on any atom is 0.410 e. The normalized spacial score (nSPS) is 38.9. The van der Waals surface area contributed by atoms with Gasteiger partial charge in [0, 0.05) is 25.2 Å². The summed E-state index contributed by atoms with van der Waals surface area (Å²) in [6, 6.07) is 6.86. The van der Waals surface area contributed by atoms with Crippen LogP contribution in [0.5, 0.6) is 0 Å². The number of nitrogens with zero attached hydrogens (tertiary/aromatic N) is 2. The molecule has 3 amide bonds. The molecule has 308 valence electrons. The van der Waals surface area contributed by atoms with Gasteiger partial charge in [-0.2, -0.15) is 0 Å². The van der Waals surface area contributed by atoms with Crippen molar-refractivity contribution in [3.05, 3.63) is 53.6 Å². The Labute approximate surface area is 335 Å². The molecule has 1 heterocycles. The number of carboxylic acid groups (broad SMARTS) is 1. The number of hydrogen-bond donors (Lipinski definition) is 3. The summed E-state index contributed by atoms with van der Waals surface area (Å²) in [5.41, 5.74) is 3.42. The second-order valence-corrected chi connectivity index (χ2v) is 21.2. The van der Waals surface area contributed by atoms with Gasteiger partial charge in [-0.1, -0.05) is 65.0 Å². The molecule has 0 spiro atoms. The predicted molar refractivity (Wildman–Crippen MR) is 220 cm³/mol. The Morgan fingerprint density at radius 2 is 1.61 bits per heavy atom. The molecule has 1 aliphatic heterocycles. The Hall–Kier alpha value is -3.33. The van der Waals surface area contributed by atoms with Gasteiger partial charge in [-0.05, 0) is 160 Å². The molecule has 0 radical (unpaired) electrons. The average molecular weight is 772 g/mol. The number of amides is 3. The fourth-order valence-electron chi connectivity index (χ4n) is 14.3. The molecule has 6 aliphatic rings. The first kappa shape index (κ1) is 40.9. The lowest BCUT2D eigenvalue weighted by Crippen LogP contribution is -2.69. The molecule has 9 heteroatoms. The van der Waals surface area contributed by atoms with E-state index in [4.69, 9.17) is 4.74 Å². The topological polar surface area (TPSA) is 119 Å². The molecule has 7 rings (SSSR count). The lowest BCUT2D eigenvalue weighted by Gasteiger charge is -2.72. The smallest absolute Gasteiger partial charge is 0.410 e. The van der Waals surface area contributed by atoms with Gasteiger partial charge in [0.1, 0.15) is 5.60 Å². The van der Waals surface area contributed by atoms with Gasteiger partial charge >= 0.3 is 18.1 Å². The molecule has 9 nitrogen and oxygen atoms in total. The van der Waals surface area contributed by atoms with E-state index in [9.17, 15) is 24.6 Å².